The summed E-state index contributed by atoms with van der Waals surface area (Å²) in [5.41, 5.74) is 2.67. The molecule has 29 heavy (non-hydrogen) atoms. The minimum absolute atomic E-state index is 0.00386. The van der Waals surface area contributed by atoms with Crippen molar-refractivity contribution in [2.45, 2.75) is 45.2 Å². The van der Waals surface area contributed by atoms with Crippen molar-refractivity contribution in [2.24, 2.45) is 0 Å². The number of carbonyl (C=O) groups excluding carboxylic acids is 1. The second kappa shape index (κ2) is 8.19. The van der Waals surface area contributed by atoms with Crippen molar-refractivity contribution in [1.82, 2.24) is 4.90 Å². The molecular formula is C23H29NO4S. The lowest BCUT2D eigenvalue weighted by Crippen LogP contribution is -2.40. The van der Waals surface area contributed by atoms with E-state index in [0.717, 1.165) is 16.9 Å². The molecule has 1 saturated heterocycles. The molecule has 0 radical (unpaired) electrons. The number of sulfone groups is 1. The average molecular weight is 416 g/mol. The third kappa shape index (κ3) is 5.18. The predicted octanol–water partition coefficient (Wildman–Crippen LogP) is 3.82. The number of hydrogen-bond acceptors (Lipinski definition) is 4. The molecule has 0 spiro atoms. The Morgan fingerprint density at radius 3 is 2.17 bits per heavy atom. The van der Waals surface area contributed by atoms with E-state index in [2.05, 4.69) is 20.8 Å². The minimum atomic E-state index is -3.10. The van der Waals surface area contributed by atoms with E-state index in [-0.39, 0.29) is 28.9 Å². The van der Waals surface area contributed by atoms with Crippen LogP contribution in [0, 0.1) is 0 Å². The van der Waals surface area contributed by atoms with Crippen molar-refractivity contribution in [3.05, 3.63) is 65.2 Å². The molecule has 3 rings (SSSR count). The number of amides is 1. The summed E-state index contributed by atoms with van der Waals surface area (Å²) in [4.78, 5) is 15.0. The van der Waals surface area contributed by atoms with Gasteiger partial charge in [-0.2, -0.15) is 0 Å². The first kappa shape index (κ1) is 21.4. The fourth-order valence-corrected chi connectivity index (χ4v) is 5.32. The number of benzene rings is 2. The van der Waals surface area contributed by atoms with Crippen LogP contribution in [0.5, 0.6) is 5.75 Å². The monoisotopic (exact) mass is 415 g/mol. The van der Waals surface area contributed by atoms with Crippen LogP contribution in [-0.2, 0) is 21.8 Å². The number of methoxy groups -OCH3 is 1. The van der Waals surface area contributed by atoms with E-state index in [1.807, 2.05) is 48.5 Å². The number of carbonyl (C=O) groups is 1. The van der Waals surface area contributed by atoms with Crippen LogP contribution in [-0.4, -0.2) is 43.9 Å². The van der Waals surface area contributed by atoms with E-state index in [1.54, 1.807) is 12.0 Å². The summed E-state index contributed by atoms with van der Waals surface area (Å²) < 4.78 is 29.3. The van der Waals surface area contributed by atoms with Crippen LogP contribution < -0.4 is 4.74 Å². The number of nitrogens with zero attached hydrogens (tertiary/aromatic N) is 1. The lowest BCUT2D eigenvalue weighted by Gasteiger charge is -2.29. The van der Waals surface area contributed by atoms with Gasteiger partial charge in [0.2, 0.25) is 0 Å². The first-order valence-electron chi connectivity index (χ1n) is 9.84. The van der Waals surface area contributed by atoms with Gasteiger partial charge in [-0.15, -0.1) is 0 Å². The second-order valence-electron chi connectivity index (χ2n) is 8.67. The number of rotatable bonds is 5. The summed E-state index contributed by atoms with van der Waals surface area (Å²) in [6, 6.07) is 14.8. The summed E-state index contributed by atoms with van der Waals surface area (Å²) in [6.07, 6.45) is 0.476. The van der Waals surface area contributed by atoms with Gasteiger partial charge in [0.25, 0.3) is 5.91 Å². The van der Waals surface area contributed by atoms with Crippen molar-refractivity contribution in [2.75, 3.05) is 18.6 Å². The molecule has 6 heteroatoms. The molecule has 0 N–H and O–H groups in total. The highest BCUT2D eigenvalue weighted by atomic mass is 32.2. The maximum Gasteiger partial charge on any atom is 0.254 e. The predicted molar refractivity (Wildman–Crippen MR) is 115 cm³/mol. The van der Waals surface area contributed by atoms with E-state index >= 15 is 0 Å². The van der Waals surface area contributed by atoms with Crippen LogP contribution >= 0.6 is 0 Å². The van der Waals surface area contributed by atoms with Crippen LogP contribution in [0.2, 0.25) is 0 Å². The fourth-order valence-electron chi connectivity index (χ4n) is 3.59. The highest BCUT2D eigenvalue weighted by Crippen LogP contribution is 2.26. The summed E-state index contributed by atoms with van der Waals surface area (Å²) in [5, 5.41) is 0. The Balaban J connectivity index is 1.88. The molecule has 0 saturated carbocycles. The van der Waals surface area contributed by atoms with Crippen molar-refractivity contribution in [3.63, 3.8) is 0 Å². The van der Waals surface area contributed by atoms with Gasteiger partial charge in [-0.05, 0) is 47.2 Å². The standard InChI is InChI=1S/C23H29NO4S/c1-23(2,3)19-9-7-18(8-10-19)22(25)24(20-13-14-29(26,27)16-20)15-17-5-11-21(28-4)12-6-17/h5-12,20H,13-16H2,1-4H3/t20-/m0/s1. The summed E-state index contributed by atoms with van der Waals surface area (Å²) in [7, 11) is -1.49. The summed E-state index contributed by atoms with van der Waals surface area (Å²) >= 11 is 0. The highest BCUT2D eigenvalue weighted by Gasteiger charge is 2.35. The summed E-state index contributed by atoms with van der Waals surface area (Å²) in [5.74, 6) is 0.762. The molecule has 1 fully saturated rings. The van der Waals surface area contributed by atoms with Gasteiger partial charge in [0.1, 0.15) is 5.75 Å². The van der Waals surface area contributed by atoms with Gasteiger partial charge in [0.05, 0.1) is 18.6 Å². The zero-order chi connectivity index (χ0) is 21.2. The third-order valence-corrected chi connectivity index (χ3v) is 7.17. The molecular weight excluding hydrogens is 386 g/mol. The Morgan fingerprint density at radius 2 is 1.69 bits per heavy atom. The third-order valence-electron chi connectivity index (χ3n) is 5.42. The number of ether oxygens (including phenoxy) is 1. The van der Waals surface area contributed by atoms with Crippen molar-refractivity contribution in [1.29, 1.82) is 0 Å². The topological polar surface area (TPSA) is 63.7 Å². The molecule has 1 aliphatic rings. The van der Waals surface area contributed by atoms with Gasteiger partial charge >= 0.3 is 0 Å². The molecule has 0 aliphatic carbocycles. The minimum Gasteiger partial charge on any atom is -0.497 e. The first-order chi connectivity index (χ1) is 13.6. The maximum absolute atomic E-state index is 13.3. The van der Waals surface area contributed by atoms with E-state index in [1.165, 1.54) is 0 Å². The molecule has 5 nitrogen and oxygen atoms in total. The largest absolute Gasteiger partial charge is 0.497 e. The Kier molecular flexibility index (Phi) is 6.03. The maximum atomic E-state index is 13.3. The Bertz CT molecular complexity index is 957. The quantitative estimate of drug-likeness (QED) is 0.745. The van der Waals surface area contributed by atoms with E-state index in [9.17, 15) is 13.2 Å². The lowest BCUT2D eigenvalue weighted by molar-refractivity contribution is 0.0681. The van der Waals surface area contributed by atoms with Crippen LogP contribution in [0.4, 0.5) is 0 Å². The van der Waals surface area contributed by atoms with Crippen LogP contribution in [0.15, 0.2) is 48.5 Å². The van der Waals surface area contributed by atoms with Crippen LogP contribution in [0.3, 0.4) is 0 Å². The van der Waals surface area contributed by atoms with Crippen LogP contribution in [0.1, 0.15) is 48.7 Å². The van der Waals surface area contributed by atoms with Gasteiger partial charge < -0.3 is 9.64 Å². The molecule has 1 heterocycles. The normalized spacial score (nSPS) is 18.4. The van der Waals surface area contributed by atoms with Crippen molar-refractivity contribution in [3.8, 4) is 5.75 Å². The zero-order valence-corrected chi connectivity index (χ0v) is 18.3. The molecule has 0 aromatic heterocycles. The first-order valence-corrected chi connectivity index (χ1v) is 11.7. The molecule has 156 valence electrons. The fraction of sp³-hybridized carbons (Fsp3) is 0.435. The lowest BCUT2D eigenvalue weighted by atomic mass is 9.86. The molecule has 2 aromatic rings. The van der Waals surface area contributed by atoms with Crippen molar-refractivity contribution < 1.29 is 17.9 Å². The molecule has 0 bridgehead atoms. The van der Waals surface area contributed by atoms with E-state index < -0.39 is 9.84 Å². The molecule has 0 unspecified atom stereocenters. The zero-order valence-electron chi connectivity index (χ0n) is 17.5. The van der Waals surface area contributed by atoms with E-state index in [0.29, 0.717) is 18.5 Å². The average Bonchev–Trinajstić information content (AvgIpc) is 3.05. The Morgan fingerprint density at radius 1 is 1.07 bits per heavy atom. The van der Waals surface area contributed by atoms with Gasteiger partial charge in [-0.25, -0.2) is 8.42 Å². The molecule has 1 amide bonds. The highest BCUT2D eigenvalue weighted by molar-refractivity contribution is 7.91. The van der Waals surface area contributed by atoms with Gasteiger partial charge in [-0.3, -0.25) is 4.79 Å². The Hall–Kier alpha value is -2.34. The van der Waals surface area contributed by atoms with Gasteiger partial charge in [0, 0.05) is 18.2 Å². The van der Waals surface area contributed by atoms with Gasteiger partial charge in [0.15, 0.2) is 9.84 Å². The molecule has 2 aromatic carbocycles. The second-order valence-corrected chi connectivity index (χ2v) is 10.9. The Labute approximate surface area is 173 Å². The SMILES string of the molecule is COc1ccc(CN(C(=O)c2ccc(C(C)(C)C)cc2)[C@H]2CCS(=O)(=O)C2)cc1. The van der Waals surface area contributed by atoms with Crippen LogP contribution in [0.25, 0.3) is 0 Å². The number of hydrogen-bond donors (Lipinski definition) is 0. The smallest absolute Gasteiger partial charge is 0.254 e. The van der Waals surface area contributed by atoms with E-state index in [4.69, 9.17) is 4.74 Å². The van der Waals surface area contributed by atoms with Gasteiger partial charge in [-0.1, -0.05) is 45.0 Å². The summed E-state index contributed by atoms with van der Waals surface area (Å²) in [6.45, 7) is 6.75. The van der Waals surface area contributed by atoms with Crippen molar-refractivity contribution >= 4 is 15.7 Å². The molecule has 1 atom stereocenters. The molecule has 1 aliphatic heterocycles.